The van der Waals surface area contributed by atoms with Gasteiger partial charge in [0.15, 0.2) is 0 Å². The summed E-state index contributed by atoms with van der Waals surface area (Å²) in [5.74, 6) is 0.0142. The number of hydrogen-bond donors (Lipinski definition) is 1. The summed E-state index contributed by atoms with van der Waals surface area (Å²) >= 11 is 0. The molecule has 2 rings (SSSR count). The van der Waals surface area contributed by atoms with Gasteiger partial charge in [0, 0.05) is 25.3 Å². The Hall–Kier alpha value is -2.02. The summed E-state index contributed by atoms with van der Waals surface area (Å²) in [5.41, 5.74) is 2.11. The third-order valence-electron chi connectivity index (χ3n) is 3.78. The van der Waals surface area contributed by atoms with Crippen LogP contribution in [0.1, 0.15) is 31.2 Å². The van der Waals surface area contributed by atoms with Gasteiger partial charge in [-0.2, -0.15) is 5.26 Å². The van der Waals surface area contributed by atoms with Crippen LogP contribution in [0.4, 0.5) is 5.69 Å². The van der Waals surface area contributed by atoms with Crippen molar-refractivity contribution in [3.8, 4) is 6.07 Å². The smallest absolute Gasteiger partial charge is 0.230 e. The average molecular weight is 257 g/mol. The van der Waals surface area contributed by atoms with Gasteiger partial charge in [-0.05, 0) is 25.0 Å². The minimum atomic E-state index is -0.0939. The minimum Gasteiger partial charge on any atom is -0.385 e. The summed E-state index contributed by atoms with van der Waals surface area (Å²) in [5, 5.41) is 12.1. The van der Waals surface area contributed by atoms with E-state index in [1.807, 2.05) is 31.2 Å². The Morgan fingerprint density at radius 3 is 3.05 bits per heavy atom. The molecule has 0 aliphatic carbocycles. The van der Waals surface area contributed by atoms with E-state index in [1.165, 1.54) is 0 Å². The Balaban J connectivity index is 2.19. The van der Waals surface area contributed by atoms with E-state index in [0.717, 1.165) is 24.2 Å². The number of hydrogen-bond acceptors (Lipinski definition) is 3. The van der Waals surface area contributed by atoms with Crippen LogP contribution in [0.15, 0.2) is 24.3 Å². The van der Waals surface area contributed by atoms with Gasteiger partial charge in [0.25, 0.3) is 0 Å². The summed E-state index contributed by atoms with van der Waals surface area (Å²) in [6, 6.07) is 10.0. The average Bonchev–Trinajstić information content (AvgIpc) is 2.45. The van der Waals surface area contributed by atoms with Gasteiger partial charge in [0.2, 0.25) is 5.91 Å². The Morgan fingerprint density at radius 2 is 2.32 bits per heavy atom. The zero-order chi connectivity index (χ0) is 13.8. The summed E-state index contributed by atoms with van der Waals surface area (Å²) in [7, 11) is 1.79. The quantitative estimate of drug-likeness (QED) is 0.904. The minimum absolute atomic E-state index is 0.0421. The number of amides is 1. The van der Waals surface area contributed by atoms with Crippen LogP contribution in [-0.2, 0) is 4.79 Å². The predicted molar refractivity (Wildman–Crippen MR) is 74.8 cm³/mol. The van der Waals surface area contributed by atoms with Crippen molar-refractivity contribution in [1.29, 1.82) is 5.26 Å². The van der Waals surface area contributed by atoms with Crippen molar-refractivity contribution in [3.05, 3.63) is 29.8 Å². The molecule has 1 aliphatic rings. The maximum absolute atomic E-state index is 12.6. The molecule has 2 unspecified atom stereocenters. The maximum Gasteiger partial charge on any atom is 0.230 e. The topological polar surface area (TPSA) is 56.1 Å². The Morgan fingerprint density at radius 1 is 1.58 bits per heavy atom. The highest BCUT2D eigenvalue weighted by atomic mass is 16.2. The Kier molecular flexibility index (Phi) is 4.06. The van der Waals surface area contributed by atoms with Crippen molar-refractivity contribution in [2.45, 2.75) is 31.7 Å². The fourth-order valence-electron chi connectivity index (χ4n) is 2.46. The standard InChI is InChI=1S/C15H19N3O/c1-11(7-9-16)18(2)15(19)13-8-10-17-14-6-4-3-5-12(13)14/h3-6,11,13,17H,7-8,10H2,1-2H3. The lowest BCUT2D eigenvalue weighted by atomic mass is 9.89. The van der Waals surface area contributed by atoms with Gasteiger partial charge in [-0.3, -0.25) is 4.79 Å². The Bertz CT molecular complexity index is 506. The van der Waals surface area contributed by atoms with Crippen LogP contribution >= 0.6 is 0 Å². The molecule has 0 radical (unpaired) electrons. The molecule has 4 nitrogen and oxygen atoms in total. The highest BCUT2D eigenvalue weighted by Crippen LogP contribution is 2.32. The molecule has 100 valence electrons. The first-order valence-corrected chi connectivity index (χ1v) is 6.61. The molecule has 0 aromatic heterocycles. The van der Waals surface area contributed by atoms with Gasteiger partial charge in [-0.1, -0.05) is 18.2 Å². The maximum atomic E-state index is 12.6. The molecule has 0 spiro atoms. The van der Waals surface area contributed by atoms with Crippen molar-refractivity contribution in [2.75, 3.05) is 18.9 Å². The molecule has 0 bridgehead atoms. The molecule has 2 atom stereocenters. The molecule has 0 saturated heterocycles. The number of carbonyl (C=O) groups excluding carboxylic acids is 1. The van der Waals surface area contributed by atoms with E-state index >= 15 is 0 Å². The Labute approximate surface area is 114 Å². The van der Waals surface area contributed by atoms with Gasteiger partial charge in [-0.15, -0.1) is 0 Å². The molecule has 0 saturated carbocycles. The molecule has 1 aromatic carbocycles. The molecule has 1 N–H and O–H groups in total. The highest BCUT2D eigenvalue weighted by Gasteiger charge is 2.29. The molecule has 1 aromatic rings. The second-order valence-corrected chi connectivity index (χ2v) is 5.02. The third-order valence-corrected chi connectivity index (χ3v) is 3.78. The zero-order valence-electron chi connectivity index (χ0n) is 11.4. The summed E-state index contributed by atoms with van der Waals surface area (Å²) in [4.78, 5) is 14.3. The number of carbonyl (C=O) groups is 1. The fraction of sp³-hybridized carbons (Fsp3) is 0.467. The van der Waals surface area contributed by atoms with E-state index in [9.17, 15) is 4.79 Å². The lowest BCUT2D eigenvalue weighted by Gasteiger charge is -2.31. The lowest BCUT2D eigenvalue weighted by Crippen LogP contribution is -2.39. The van der Waals surface area contributed by atoms with E-state index in [2.05, 4.69) is 11.4 Å². The summed E-state index contributed by atoms with van der Waals surface area (Å²) in [6.07, 6.45) is 1.17. The fourth-order valence-corrected chi connectivity index (χ4v) is 2.46. The largest absolute Gasteiger partial charge is 0.385 e. The van der Waals surface area contributed by atoms with E-state index in [1.54, 1.807) is 11.9 Å². The SMILES string of the molecule is CC(CC#N)N(C)C(=O)C1CCNc2ccccc21. The number of rotatable bonds is 3. The highest BCUT2D eigenvalue weighted by molar-refractivity contribution is 5.86. The van der Waals surface area contributed by atoms with Crippen LogP contribution in [0.3, 0.4) is 0 Å². The van der Waals surface area contributed by atoms with Crippen LogP contribution in [0.25, 0.3) is 0 Å². The third kappa shape index (κ3) is 2.70. The van der Waals surface area contributed by atoms with Crippen LogP contribution < -0.4 is 5.32 Å². The van der Waals surface area contributed by atoms with Gasteiger partial charge in [0.1, 0.15) is 0 Å². The van der Waals surface area contributed by atoms with E-state index in [-0.39, 0.29) is 17.9 Å². The van der Waals surface area contributed by atoms with Crippen LogP contribution in [-0.4, -0.2) is 30.4 Å². The van der Waals surface area contributed by atoms with Crippen LogP contribution in [0.2, 0.25) is 0 Å². The van der Waals surface area contributed by atoms with E-state index in [0.29, 0.717) is 6.42 Å². The van der Waals surface area contributed by atoms with Gasteiger partial charge < -0.3 is 10.2 Å². The van der Waals surface area contributed by atoms with Crippen molar-refractivity contribution in [1.82, 2.24) is 4.90 Å². The zero-order valence-corrected chi connectivity index (χ0v) is 11.4. The predicted octanol–water partition coefficient (Wildman–Crippen LogP) is 2.35. The molecule has 1 amide bonds. The van der Waals surface area contributed by atoms with Crippen LogP contribution in [0.5, 0.6) is 0 Å². The van der Waals surface area contributed by atoms with Crippen molar-refractivity contribution >= 4 is 11.6 Å². The van der Waals surface area contributed by atoms with Crippen molar-refractivity contribution in [2.24, 2.45) is 0 Å². The first-order valence-electron chi connectivity index (χ1n) is 6.61. The second kappa shape index (κ2) is 5.75. The number of anilines is 1. The van der Waals surface area contributed by atoms with Gasteiger partial charge >= 0.3 is 0 Å². The first kappa shape index (κ1) is 13.4. The first-order chi connectivity index (χ1) is 9.15. The summed E-state index contributed by atoms with van der Waals surface area (Å²) in [6.45, 7) is 2.72. The number of para-hydroxylation sites is 1. The summed E-state index contributed by atoms with van der Waals surface area (Å²) < 4.78 is 0. The molecule has 1 heterocycles. The number of fused-ring (bicyclic) bond motifs is 1. The molecule has 4 heteroatoms. The van der Waals surface area contributed by atoms with Crippen LogP contribution in [0, 0.1) is 11.3 Å². The molecule has 0 fully saturated rings. The van der Waals surface area contributed by atoms with Gasteiger partial charge in [0.05, 0.1) is 18.4 Å². The molecule has 19 heavy (non-hydrogen) atoms. The number of benzene rings is 1. The number of likely N-dealkylation sites (N-methyl/N-ethyl adjacent to an activating group) is 1. The number of nitrogens with zero attached hydrogens (tertiary/aromatic N) is 2. The van der Waals surface area contributed by atoms with E-state index < -0.39 is 0 Å². The second-order valence-electron chi connectivity index (χ2n) is 5.02. The van der Waals surface area contributed by atoms with E-state index in [4.69, 9.17) is 5.26 Å². The van der Waals surface area contributed by atoms with Gasteiger partial charge in [-0.25, -0.2) is 0 Å². The molecular formula is C15H19N3O. The molecular weight excluding hydrogens is 238 g/mol. The monoisotopic (exact) mass is 257 g/mol. The lowest BCUT2D eigenvalue weighted by molar-refractivity contribution is -0.133. The number of nitrogens with one attached hydrogen (secondary N) is 1. The molecule has 1 aliphatic heterocycles. The van der Waals surface area contributed by atoms with Crippen molar-refractivity contribution < 1.29 is 4.79 Å². The number of nitriles is 1. The van der Waals surface area contributed by atoms with Crippen molar-refractivity contribution in [3.63, 3.8) is 0 Å². The normalized spacial score (nSPS) is 18.7.